The van der Waals surface area contributed by atoms with Crippen molar-refractivity contribution in [3.05, 3.63) is 29.8 Å². The van der Waals surface area contributed by atoms with Gasteiger partial charge in [0.2, 0.25) is 0 Å². The Morgan fingerprint density at radius 2 is 2.06 bits per heavy atom. The zero-order chi connectivity index (χ0) is 12.3. The van der Waals surface area contributed by atoms with Crippen LogP contribution in [0.3, 0.4) is 0 Å². The van der Waals surface area contributed by atoms with Gasteiger partial charge >= 0.3 is 6.03 Å². The molecule has 0 radical (unpaired) electrons. The lowest BCUT2D eigenvalue weighted by Gasteiger charge is -2.13. The Morgan fingerprint density at radius 3 is 2.59 bits per heavy atom. The van der Waals surface area contributed by atoms with Crippen LogP contribution in [0.1, 0.15) is 25.3 Å². The molecule has 2 rings (SSSR count). The summed E-state index contributed by atoms with van der Waals surface area (Å²) >= 11 is 0. The van der Waals surface area contributed by atoms with E-state index in [0.717, 1.165) is 11.3 Å². The fourth-order valence-corrected chi connectivity index (χ4v) is 1.81. The van der Waals surface area contributed by atoms with Crippen LogP contribution in [0.25, 0.3) is 0 Å². The average Bonchev–Trinajstić information content (AvgIpc) is 3.13. The van der Waals surface area contributed by atoms with Crippen molar-refractivity contribution in [1.82, 2.24) is 5.32 Å². The van der Waals surface area contributed by atoms with Crippen LogP contribution in [0.2, 0.25) is 0 Å². The van der Waals surface area contributed by atoms with Gasteiger partial charge < -0.3 is 16.4 Å². The van der Waals surface area contributed by atoms with E-state index < -0.39 is 0 Å². The Hall–Kier alpha value is -1.55. The molecule has 0 saturated heterocycles. The maximum Gasteiger partial charge on any atom is 0.319 e. The number of hydrogen-bond acceptors (Lipinski definition) is 2. The standard InChI is InChI=1S/C13H19N3O/c1-9(11-4-5-11)15-13(17)16-12-6-2-10(8-14)3-7-12/h2-3,6-7,9,11H,4-5,8,14H2,1H3,(H2,15,16,17). The summed E-state index contributed by atoms with van der Waals surface area (Å²) in [6.45, 7) is 2.57. The monoisotopic (exact) mass is 233 g/mol. The molecule has 0 aromatic heterocycles. The van der Waals surface area contributed by atoms with E-state index in [2.05, 4.69) is 17.6 Å². The molecule has 4 heteroatoms. The first-order valence-corrected chi connectivity index (χ1v) is 6.05. The molecule has 1 atom stereocenters. The minimum absolute atomic E-state index is 0.134. The summed E-state index contributed by atoms with van der Waals surface area (Å²) in [7, 11) is 0. The number of rotatable bonds is 4. The smallest absolute Gasteiger partial charge is 0.319 e. The number of hydrogen-bond donors (Lipinski definition) is 3. The molecule has 1 saturated carbocycles. The zero-order valence-corrected chi connectivity index (χ0v) is 10.1. The molecule has 4 N–H and O–H groups in total. The third kappa shape index (κ3) is 3.46. The van der Waals surface area contributed by atoms with Gasteiger partial charge in [0.15, 0.2) is 0 Å². The van der Waals surface area contributed by atoms with E-state index in [1.54, 1.807) is 0 Å². The fourth-order valence-electron chi connectivity index (χ4n) is 1.81. The van der Waals surface area contributed by atoms with Gasteiger partial charge in [-0.25, -0.2) is 4.79 Å². The normalized spacial score (nSPS) is 16.4. The van der Waals surface area contributed by atoms with Crippen LogP contribution >= 0.6 is 0 Å². The molecule has 2 amide bonds. The van der Waals surface area contributed by atoms with Gasteiger partial charge in [-0.3, -0.25) is 0 Å². The van der Waals surface area contributed by atoms with Gasteiger partial charge in [0, 0.05) is 18.3 Å². The van der Waals surface area contributed by atoms with Gasteiger partial charge in [0.25, 0.3) is 0 Å². The van der Waals surface area contributed by atoms with E-state index in [1.807, 2.05) is 24.3 Å². The molecule has 92 valence electrons. The predicted molar refractivity (Wildman–Crippen MR) is 68.7 cm³/mol. The van der Waals surface area contributed by atoms with E-state index in [1.165, 1.54) is 12.8 Å². The summed E-state index contributed by atoms with van der Waals surface area (Å²) in [4.78, 5) is 11.7. The molecule has 1 aromatic rings. The first-order valence-electron chi connectivity index (χ1n) is 6.05. The summed E-state index contributed by atoms with van der Waals surface area (Å²) < 4.78 is 0. The highest BCUT2D eigenvalue weighted by Crippen LogP contribution is 2.32. The summed E-state index contributed by atoms with van der Waals surface area (Å²) in [5, 5.41) is 5.76. The van der Waals surface area contributed by atoms with Crippen molar-refractivity contribution in [2.75, 3.05) is 5.32 Å². The largest absolute Gasteiger partial charge is 0.335 e. The molecule has 17 heavy (non-hydrogen) atoms. The lowest BCUT2D eigenvalue weighted by Crippen LogP contribution is -2.37. The molecular weight excluding hydrogens is 214 g/mol. The number of nitrogens with one attached hydrogen (secondary N) is 2. The maximum atomic E-state index is 11.7. The topological polar surface area (TPSA) is 67.2 Å². The number of carbonyl (C=O) groups excluding carboxylic acids is 1. The van der Waals surface area contributed by atoms with Gasteiger partial charge in [-0.2, -0.15) is 0 Å². The Kier molecular flexibility index (Phi) is 3.64. The van der Waals surface area contributed by atoms with Crippen molar-refractivity contribution < 1.29 is 4.79 Å². The van der Waals surface area contributed by atoms with Crippen molar-refractivity contribution in [2.45, 2.75) is 32.4 Å². The van der Waals surface area contributed by atoms with E-state index in [4.69, 9.17) is 5.73 Å². The molecule has 1 fully saturated rings. The molecule has 4 nitrogen and oxygen atoms in total. The van der Waals surface area contributed by atoms with Crippen LogP contribution in [-0.4, -0.2) is 12.1 Å². The summed E-state index contributed by atoms with van der Waals surface area (Å²) in [5.74, 6) is 0.667. The summed E-state index contributed by atoms with van der Waals surface area (Å²) in [5.41, 5.74) is 7.36. The highest BCUT2D eigenvalue weighted by molar-refractivity contribution is 5.89. The van der Waals surface area contributed by atoms with Gasteiger partial charge in [-0.1, -0.05) is 12.1 Å². The molecule has 0 bridgehead atoms. The second kappa shape index (κ2) is 5.19. The highest BCUT2D eigenvalue weighted by Gasteiger charge is 2.28. The first kappa shape index (κ1) is 11.9. The second-order valence-corrected chi connectivity index (χ2v) is 4.63. The summed E-state index contributed by atoms with van der Waals surface area (Å²) in [6.07, 6.45) is 2.46. The maximum absolute atomic E-state index is 11.7. The van der Waals surface area contributed by atoms with E-state index in [-0.39, 0.29) is 12.1 Å². The van der Waals surface area contributed by atoms with E-state index in [9.17, 15) is 4.79 Å². The average molecular weight is 233 g/mol. The third-order valence-electron chi connectivity index (χ3n) is 3.14. The van der Waals surface area contributed by atoms with Gasteiger partial charge in [-0.15, -0.1) is 0 Å². The number of urea groups is 1. The van der Waals surface area contributed by atoms with Crippen molar-refractivity contribution in [3.8, 4) is 0 Å². The lowest BCUT2D eigenvalue weighted by molar-refractivity contribution is 0.248. The SMILES string of the molecule is CC(NC(=O)Nc1ccc(CN)cc1)C1CC1. The minimum atomic E-state index is -0.134. The Bertz CT molecular complexity index is 384. The van der Waals surface area contributed by atoms with Crippen LogP contribution in [0.4, 0.5) is 10.5 Å². The number of anilines is 1. The molecule has 1 aromatic carbocycles. The Morgan fingerprint density at radius 1 is 1.41 bits per heavy atom. The van der Waals surface area contributed by atoms with E-state index >= 15 is 0 Å². The molecule has 0 aliphatic heterocycles. The van der Waals surface area contributed by atoms with Crippen molar-refractivity contribution in [2.24, 2.45) is 11.7 Å². The van der Waals surface area contributed by atoms with Crippen LogP contribution in [0.15, 0.2) is 24.3 Å². The predicted octanol–water partition coefficient (Wildman–Crippen LogP) is 2.07. The molecule has 0 heterocycles. The summed E-state index contributed by atoms with van der Waals surface area (Å²) in [6, 6.07) is 7.69. The Labute approximate surface area is 102 Å². The highest BCUT2D eigenvalue weighted by atomic mass is 16.2. The Balaban J connectivity index is 1.84. The number of carbonyl (C=O) groups is 1. The molecule has 1 aliphatic carbocycles. The lowest BCUT2D eigenvalue weighted by atomic mass is 10.2. The fraction of sp³-hybridized carbons (Fsp3) is 0.462. The van der Waals surface area contributed by atoms with Crippen LogP contribution < -0.4 is 16.4 Å². The third-order valence-corrected chi connectivity index (χ3v) is 3.14. The zero-order valence-electron chi connectivity index (χ0n) is 10.1. The number of nitrogens with two attached hydrogens (primary N) is 1. The van der Waals surface area contributed by atoms with Crippen LogP contribution in [0, 0.1) is 5.92 Å². The van der Waals surface area contributed by atoms with Crippen LogP contribution in [-0.2, 0) is 6.54 Å². The van der Waals surface area contributed by atoms with Crippen molar-refractivity contribution in [1.29, 1.82) is 0 Å². The number of amides is 2. The molecule has 1 unspecified atom stereocenters. The second-order valence-electron chi connectivity index (χ2n) is 4.63. The number of benzene rings is 1. The molecule has 1 aliphatic rings. The minimum Gasteiger partial charge on any atom is -0.335 e. The first-order chi connectivity index (χ1) is 8.19. The quantitative estimate of drug-likeness (QED) is 0.745. The molecular formula is C13H19N3O. The van der Waals surface area contributed by atoms with Crippen molar-refractivity contribution in [3.63, 3.8) is 0 Å². The van der Waals surface area contributed by atoms with Gasteiger partial charge in [0.1, 0.15) is 0 Å². The van der Waals surface area contributed by atoms with E-state index in [0.29, 0.717) is 12.5 Å². The molecule has 0 spiro atoms. The van der Waals surface area contributed by atoms with Gasteiger partial charge in [-0.05, 0) is 43.4 Å². The van der Waals surface area contributed by atoms with Gasteiger partial charge in [0.05, 0.1) is 0 Å². The van der Waals surface area contributed by atoms with Crippen LogP contribution in [0.5, 0.6) is 0 Å². The van der Waals surface area contributed by atoms with Crippen molar-refractivity contribution >= 4 is 11.7 Å².